The molecule has 0 saturated heterocycles. The molecule has 1 heterocycles. The highest BCUT2D eigenvalue weighted by Crippen LogP contribution is 2.32. The Morgan fingerprint density at radius 3 is 2.40 bits per heavy atom. The number of carboxylic acids is 1. The Morgan fingerprint density at radius 1 is 1.25 bits per heavy atom. The Bertz CT molecular complexity index is 689. The summed E-state index contributed by atoms with van der Waals surface area (Å²) in [5, 5.41) is 9.83. The van der Waals surface area contributed by atoms with Crippen LogP contribution in [-0.4, -0.2) is 22.8 Å². The Hall–Kier alpha value is -1.94. The molecule has 0 unspecified atom stereocenters. The van der Waals surface area contributed by atoms with Gasteiger partial charge in [-0.05, 0) is 38.5 Å². The number of benzene rings is 1. The third-order valence-corrected chi connectivity index (χ3v) is 3.77. The van der Waals surface area contributed by atoms with Crippen molar-refractivity contribution in [1.29, 1.82) is 0 Å². The molecular weight excluding hydrogens is 278 g/mol. The maximum Gasteiger partial charge on any atom is 0.337 e. The zero-order valence-electron chi connectivity index (χ0n) is 11.8. The fourth-order valence-electron chi connectivity index (χ4n) is 2.34. The van der Waals surface area contributed by atoms with E-state index in [1.165, 1.54) is 0 Å². The minimum Gasteiger partial charge on any atom is -0.495 e. The number of halogens is 1. The SMILES string of the molecule is COc1cc(Cl)c(C)cc1-n1c(C)cc(C(=O)O)c1C. The van der Waals surface area contributed by atoms with Crippen LogP contribution in [0.1, 0.15) is 27.3 Å². The molecule has 1 aromatic heterocycles. The van der Waals surface area contributed by atoms with Gasteiger partial charge in [-0.25, -0.2) is 4.79 Å². The number of nitrogens with zero attached hydrogens (tertiary/aromatic N) is 1. The van der Waals surface area contributed by atoms with Crippen LogP contribution in [0.5, 0.6) is 5.75 Å². The molecule has 2 rings (SSSR count). The smallest absolute Gasteiger partial charge is 0.337 e. The summed E-state index contributed by atoms with van der Waals surface area (Å²) in [6.07, 6.45) is 0. The number of carbonyl (C=O) groups is 1. The molecule has 0 spiro atoms. The molecule has 0 aliphatic heterocycles. The highest BCUT2D eigenvalue weighted by molar-refractivity contribution is 6.31. The van der Waals surface area contributed by atoms with Gasteiger partial charge in [-0.1, -0.05) is 11.6 Å². The lowest BCUT2D eigenvalue weighted by Crippen LogP contribution is -2.04. The molecule has 0 saturated carbocycles. The summed E-state index contributed by atoms with van der Waals surface area (Å²) in [5.41, 5.74) is 3.48. The Morgan fingerprint density at radius 2 is 1.90 bits per heavy atom. The van der Waals surface area contributed by atoms with Crippen LogP contribution in [0.2, 0.25) is 5.02 Å². The van der Waals surface area contributed by atoms with E-state index in [1.807, 2.05) is 24.5 Å². The van der Waals surface area contributed by atoms with Gasteiger partial charge >= 0.3 is 5.97 Å². The van der Waals surface area contributed by atoms with Crippen molar-refractivity contribution in [3.63, 3.8) is 0 Å². The Balaban J connectivity index is 2.74. The maximum absolute atomic E-state index is 11.2. The van der Waals surface area contributed by atoms with Gasteiger partial charge in [0, 0.05) is 22.5 Å². The molecule has 0 aliphatic carbocycles. The number of ether oxygens (including phenoxy) is 1. The number of carboxylic acid groups (broad SMARTS) is 1. The first kappa shape index (κ1) is 14.5. The van der Waals surface area contributed by atoms with Crippen LogP contribution in [0.4, 0.5) is 0 Å². The van der Waals surface area contributed by atoms with Crippen LogP contribution in [0.25, 0.3) is 5.69 Å². The van der Waals surface area contributed by atoms with Gasteiger partial charge in [0.2, 0.25) is 0 Å². The monoisotopic (exact) mass is 293 g/mol. The predicted octanol–water partition coefficient (Wildman–Crippen LogP) is 3.76. The van der Waals surface area contributed by atoms with E-state index in [0.29, 0.717) is 16.5 Å². The molecular formula is C15H16ClNO3. The van der Waals surface area contributed by atoms with E-state index >= 15 is 0 Å². The van der Waals surface area contributed by atoms with E-state index in [9.17, 15) is 9.90 Å². The van der Waals surface area contributed by atoms with Crippen LogP contribution in [0.3, 0.4) is 0 Å². The van der Waals surface area contributed by atoms with Gasteiger partial charge in [-0.15, -0.1) is 0 Å². The van der Waals surface area contributed by atoms with Crippen LogP contribution < -0.4 is 4.74 Å². The molecule has 5 heteroatoms. The zero-order chi connectivity index (χ0) is 15.0. The fourth-order valence-corrected chi connectivity index (χ4v) is 2.49. The highest BCUT2D eigenvalue weighted by atomic mass is 35.5. The standard InChI is InChI=1S/C15H16ClNO3/c1-8-5-13(14(20-4)7-12(8)16)17-9(2)6-11(10(17)3)15(18)19/h5-7H,1-4H3,(H,18,19). The van der Waals surface area contributed by atoms with Gasteiger partial charge in [0.15, 0.2) is 0 Å². The second-order valence-corrected chi connectivity index (χ2v) is 5.11. The van der Waals surface area contributed by atoms with E-state index in [2.05, 4.69) is 0 Å². The number of methoxy groups -OCH3 is 1. The van der Waals surface area contributed by atoms with Crippen LogP contribution in [-0.2, 0) is 0 Å². The molecule has 4 nitrogen and oxygen atoms in total. The molecule has 2 aromatic rings. The third-order valence-electron chi connectivity index (χ3n) is 3.36. The Kier molecular flexibility index (Phi) is 3.77. The van der Waals surface area contributed by atoms with E-state index in [1.54, 1.807) is 26.2 Å². The van der Waals surface area contributed by atoms with Crippen LogP contribution in [0.15, 0.2) is 18.2 Å². The Labute approximate surface area is 122 Å². The summed E-state index contributed by atoms with van der Waals surface area (Å²) in [6, 6.07) is 5.29. The van der Waals surface area contributed by atoms with Crippen molar-refractivity contribution >= 4 is 17.6 Å². The van der Waals surface area contributed by atoms with Crippen molar-refractivity contribution in [1.82, 2.24) is 4.57 Å². The molecule has 0 radical (unpaired) electrons. The van der Waals surface area contributed by atoms with E-state index in [-0.39, 0.29) is 5.56 Å². The minimum absolute atomic E-state index is 0.289. The van der Waals surface area contributed by atoms with Gasteiger partial charge in [0.1, 0.15) is 5.75 Å². The summed E-state index contributed by atoms with van der Waals surface area (Å²) < 4.78 is 7.23. The first-order valence-electron chi connectivity index (χ1n) is 6.13. The number of aromatic nitrogens is 1. The highest BCUT2D eigenvalue weighted by Gasteiger charge is 2.18. The van der Waals surface area contributed by atoms with Crippen molar-refractivity contribution in [2.24, 2.45) is 0 Å². The lowest BCUT2D eigenvalue weighted by molar-refractivity contribution is 0.0696. The maximum atomic E-state index is 11.2. The van der Waals surface area contributed by atoms with Crippen molar-refractivity contribution in [2.75, 3.05) is 7.11 Å². The number of hydrogen-bond donors (Lipinski definition) is 1. The lowest BCUT2D eigenvalue weighted by atomic mass is 10.2. The second kappa shape index (κ2) is 5.21. The molecule has 0 atom stereocenters. The summed E-state index contributed by atoms with van der Waals surface area (Å²) >= 11 is 6.10. The molecule has 1 N–H and O–H groups in total. The summed E-state index contributed by atoms with van der Waals surface area (Å²) in [4.78, 5) is 11.2. The number of aromatic carboxylic acids is 1. The van der Waals surface area contributed by atoms with Gasteiger partial charge in [0.25, 0.3) is 0 Å². The van der Waals surface area contributed by atoms with Crippen molar-refractivity contribution in [3.8, 4) is 11.4 Å². The largest absolute Gasteiger partial charge is 0.495 e. The van der Waals surface area contributed by atoms with Crippen molar-refractivity contribution < 1.29 is 14.6 Å². The third kappa shape index (κ3) is 2.27. The topological polar surface area (TPSA) is 51.5 Å². The molecule has 1 aromatic carbocycles. The number of hydrogen-bond acceptors (Lipinski definition) is 2. The van der Waals surface area contributed by atoms with Gasteiger partial charge in [-0.2, -0.15) is 0 Å². The second-order valence-electron chi connectivity index (χ2n) is 4.70. The first-order valence-corrected chi connectivity index (χ1v) is 6.51. The van der Waals surface area contributed by atoms with Gasteiger partial charge < -0.3 is 14.4 Å². The van der Waals surface area contributed by atoms with E-state index in [4.69, 9.17) is 16.3 Å². The number of aryl methyl sites for hydroxylation is 2. The average Bonchev–Trinajstić information content (AvgIpc) is 2.68. The molecule has 0 amide bonds. The van der Waals surface area contributed by atoms with Crippen LogP contribution >= 0.6 is 11.6 Å². The molecule has 0 bridgehead atoms. The molecule has 20 heavy (non-hydrogen) atoms. The molecule has 0 aliphatic rings. The molecule has 0 fully saturated rings. The molecule has 106 valence electrons. The zero-order valence-corrected chi connectivity index (χ0v) is 12.6. The fraction of sp³-hybridized carbons (Fsp3) is 0.267. The summed E-state index contributed by atoms with van der Waals surface area (Å²) in [6.45, 7) is 5.54. The summed E-state index contributed by atoms with van der Waals surface area (Å²) in [7, 11) is 1.57. The first-order chi connectivity index (χ1) is 9.36. The minimum atomic E-state index is -0.936. The van der Waals surface area contributed by atoms with Crippen molar-refractivity contribution in [3.05, 3.63) is 45.7 Å². The number of rotatable bonds is 3. The summed E-state index contributed by atoms with van der Waals surface area (Å²) in [5.74, 6) is -0.326. The van der Waals surface area contributed by atoms with E-state index < -0.39 is 5.97 Å². The lowest BCUT2D eigenvalue weighted by Gasteiger charge is -2.15. The predicted molar refractivity (Wildman–Crippen MR) is 78.5 cm³/mol. The van der Waals surface area contributed by atoms with Gasteiger partial charge in [-0.3, -0.25) is 0 Å². The normalized spacial score (nSPS) is 10.7. The van der Waals surface area contributed by atoms with E-state index in [0.717, 1.165) is 16.9 Å². The quantitative estimate of drug-likeness (QED) is 0.937. The van der Waals surface area contributed by atoms with Crippen molar-refractivity contribution in [2.45, 2.75) is 20.8 Å². The van der Waals surface area contributed by atoms with Crippen LogP contribution in [0, 0.1) is 20.8 Å². The van der Waals surface area contributed by atoms with Gasteiger partial charge in [0.05, 0.1) is 18.4 Å². The average molecular weight is 294 g/mol.